The Hall–Kier alpha value is -1.65. The molecule has 0 aromatic rings. The molecule has 0 aliphatic carbocycles. The van der Waals surface area contributed by atoms with Gasteiger partial charge in [-0.25, -0.2) is 9.79 Å². The number of dihydropyridines is 1. The predicted molar refractivity (Wildman–Crippen MR) is 42.4 cm³/mol. The first-order chi connectivity index (χ1) is 5.77. The Morgan fingerprint density at radius 2 is 2.58 bits per heavy atom. The van der Waals surface area contributed by atoms with Gasteiger partial charge in [-0.1, -0.05) is 5.16 Å². The first-order valence-electron chi connectivity index (χ1n) is 3.30. The fourth-order valence-electron chi connectivity index (χ4n) is 0.821. The van der Waals surface area contributed by atoms with Gasteiger partial charge in [0.05, 0.1) is 7.11 Å². The topological polar surface area (TPSA) is 71.2 Å². The Balaban J connectivity index is 2.76. The molecule has 0 atom stereocenters. The van der Waals surface area contributed by atoms with E-state index in [1.165, 1.54) is 19.4 Å². The number of methoxy groups -OCH3 is 1. The number of ether oxygens (including phenoxy) is 1. The molecule has 0 radical (unpaired) electrons. The number of amidine groups is 1. The molecular formula is C7H8N2O3. The summed E-state index contributed by atoms with van der Waals surface area (Å²) >= 11 is 0. The van der Waals surface area contributed by atoms with E-state index < -0.39 is 5.97 Å². The molecule has 0 aromatic heterocycles. The molecule has 64 valence electrons. The zero-order chi connectivity index (χ0) is 8.97. The fraction of sp³-hybridized carbons (Fsp3) is 0.286. The third kappa shape index (κ3) is 1.69. The van der Waals surface area contributed by atoms with Crippen LogP contribution >= 0.6 is 0 Å². The van der Waals surface area contributed by atoms with Crippen molar-refractivity contribution in [2.45, 2.75) is 6.42 Å². The summed E-state index contributed by atoms with van der Waals surface area (Å²) < 4.78 is 4.48. The van der Waals surface area contributed by atoms with Crippen molar-refractivity contribution in [2.24, 2.45) is 10.1 Å². The van der Waals surface area contributed by atoms with E-state index in [9.17, 15) is 4.79 Å². The molecule has 1 heterocycles. The smallest absolute Gasteiger partial charge is 0.334 e. The number of esters is 1. The summed E-state index contributed by atoms with van der Waals surface area (Å²) in [7, 11) is 1.30. The number of hydrogen-bond acceptors (Lipinski definition) is 4. The maximum Gasteiger partial charge on any atom is 0.334 e. The van der Waals surface area contributed by atoms with E-state index in [4.69, 9.17) is 5.21 Å². The van der Waals surface area contributed by atoms with Crippen LogP contribution in [0.2, 0.25) is 0 Å². The highest BCUT2D eigenvalue weighted by Crippen LogP contribution is 2.08. The van der Waals surface area contributed by atoms with Crippen molar-refractivity contribution in [3.05, 3.63) is 11.6 Å². The third-order valence-corrected chi connectivity index (χ3v) is 1.41. The second-order valence-corrected chi connectivity index (χ2v) is 2.15. The zero-order valence-corrected chi connectivity index (χ0v) is 6.52. The van der Waals surface area contributed by atoms with Crippen LogP contribution in [0.5, 0.6) is 0 Å². The Bertz CT molecular complexity index is 278. The maximum absolute atomic E-state index is 10.9. The second-order valence-electron chi connectivity index (χ2n) is 2.15. The first-order valence-corrected chi connectivity index (χ1v) is 3.30. The summed E-state index contributed by atoms with van der Waals surface area (Å²) in [6.45, 7) is 0. The molecule has 0 fully saturated rings. The molecule has 0 amide bonds. The van der Waals surface area contributed by atoms with Gasteiger partial charge in [0.1, 0.15) is 0 Å². The first kappa shape index (κ1) is 8.45. The van der Waals surface area contributed by atoms with Crippen LogP contribution in [0.4, 0.5) is 0 Å². The summed E-state index contributed by atoms with van der Waals surface area (Å²) in [6, 6.07) is 0. The minimum atomic E-state index is -0.428. The van der Waals surface area contributed by atoms with Gasteiger partial charge in [0.15, 0.2) is 5.84 Å². The molecule has 5 heteroatoms. The van der Waals surface area contributed by atoms with Gasteiger partial charge in [-0.3, -0.25) is 0 Å². The van der Waals surface area contributed by atoms with Gasteiger partial charge in [-0.05, 0) is 6.08 Å². The maximum atomic E-state index is 10.9. The molecule has 1 aliphatic heterocycles. The van der Waals surface area contributed by atoms with Crippen molar-refractivity contribution in [3.8, 4) is 0 Å². The lowest BCUT2D eigenvalue weighted by Gasteiger charge is -2.05. The lowest BCUT2D eigenvalue weighted by atomic mass is 10.1. The number of nitrogens with zero attached hydrogens (tertiary/aromatic N) is 2. The number of allylic oxidation sites excluding steroid dienone is 1. The van der Waals surface area contributed by atoms with Crippen molar-refractivity contribution in [2.75, 3.05) is 7.11 Å². The molecular weight excluding hydrogens is 160 g/mol. The number of hydrogen-bond donors (Lipinski definition) is 1. The normalized spacial score (nSPS) is 19.1. The van der Waals surface area contributed by atoms with E-state index in [2.05, 4.69) is 14.9 Å². The third-order valence-electron chi connectivity index (χ3n) is 1.41. The van der Waals surface area contributed by atoms with Gasteiger partial charge < -0.3 is 9.94 Å². The molecule has 0 aromatic carbocycles. The minimum absolute atomic E-state index is 0.206. The molecule has 0 bridgehead atoms. The van der Waals surface area contributed by atoms with Gasteiger partial charge in [0, 0.05) is 18.2 Å². The SMILES string of the molecule is COC(=O)C1=CC=N/C(=N\O)C1. The van der Waals surface area contributed by atoms with Crippen molar-refractivity contribution in [1.29, 1.82) is 0 Å². The number of oxime groups is 1. The van der Waals surface area contributed by atoms with Crippen molar-refractivity contribution in [3.63, 3.8) is 0 Å². The zero-order valence-electron chi connectivity index (χ0n) is 6.52. The second kappa shape index (κ2) is 3.66. The average molecular weight is 168 g/mol. The number of carbonyl (C=O) groups is 1. The Labute approximate surface area is 69.0 Å². The van der Waals surface area contributed by atoms with E-state index in [1.54, 1.807) is 0 Å². The van der Waals surface area contributed by atoms with E-state index in [-0.39, 0.29) is 12.3 Å². The number of rotatable bonds is 1. The predicted octanol–water partition coefficient (Wildman–Crippen LogP) is 0.348. The molecule has 1 rings (SSSR count). The van der Waals surface area contributed by atoms with Crippen LogP contribution in [-0.4, -0.2) is 30.3 Å². The van der Waals surface area contributed by atoms with Crippen LogP contribution in [0.25, 0.3) is 0 Å². The van der Waals surface area contributed by atoms with E-state index in [0.29, 0.717) is 5.57 Å². The molecule has 5 nitrogen and oxygen atoms in total. The summed E-state index contributed by atoms with van der Waals surface area (Å²) in [5.74, 6) is -0.222. The van der Waals surface area contributed by atoms with Crippen molar-refractivity contribution >= 4 is 18.0 Å². The lowest BCUT2D eigenvalue weighted by molar-refractivity contribution is -0.136. The monoisotopic (exact) mass is 168 g/mol. The van der Waals surface area contributed by atoms with Gasteiger partial charge >= 0.3 is 5.97 Å². The highest BCUT2D eigenvalue weighted by molar-refractivity contribution is 6.06. The summed E-state index contributed by atoms with van der Waals surface area (Å²) in [4.78, 5) is 14.6. The van der Waals surface area contributed by atoms with E-state index >= 15 is 0 Å². The van der Waals surface area contributed by atoms with Gasteiger partial charge in [0.25, 0.3) is 0 Å². The fourth-order valence-corrected chi connectivity index (χ4v) is 0.821. The number of carbonyl (C=O) groups excluding carboxylic acids is 1. The molecule has 1 aliphatic rings. The number of aliphatic imine (C=N–C) groups is 1. The van der Waals surface area contributed by atoms with E-state index in [0.717, 1.165) is 0 Å². The van der Waals surface area contributed by atoms with Crippen LogP contribution in [-0.2, 0) is 9.53 Å². The molecule has 12 heavy (non-hydrogen) atoms. The minimum Gasteiger partial charge on any atom is -0.466 e. The molecule has 0 saturated carbocycles. The molecule has 0 unspecified atom stereocenters. The van der Waals surface area contributed by atoms with Crippen LogP contribution in [0.3, 0.4) is 0 Å². The quantitative estimate of drug-likeness (QED) is 0.349. The van der Waals surface area contributed by atoms with Crippen LogP contribution in [0.15, 0.2) is 21.8 Å². The average Bonchev–Trinajstić information content (AvgIpc) is 2.17. The highest BCUT2D eigenvalue weighted by atomic mass is 16.5. The summed E-state index contributed by atoms with van der Waals surface area (Å²) in [6.07, 6.45) is 3.13. The van der Waals surface area contributed by atoms with Gasteiger partial charge in [-0.2, -0.15) is 0 Å². The largest absolute Gasteiger partial charge is 0.466 e. The Morgan fingerprint density at radius 3 is 3.17 bits per heavy atom. The van der Waals surface area contributed by atoms with Gasteiger partial charge in [-0.15, -0.1) is 0 Å². The highest BCUT2D eigenvalue weighted by Gasteiger charge is 2.14. The summed E-state index contributed by atoms with van der Waals surface area (Å²) in [5.41, 5.74) is 0.431. The Kier molecular flexibility index (Phi) is 2.57. The van der Waals surface area contributed by atoms with E-state index in [1.807, 2.05) is 0 Å². The van der Waals surface area contributed by atoms with Crippen molar-refractivity contribution < 1.29 is 14.7 Å². The Morgan fingerprint density at radius 1 is 1.83 bits per heavy atom. The standard InChI is InChI=1S/C7H8N2O3/c1-12-7(10)5-2-3-8-6(4-5)9-11/h2-3,11H,4H2,1H3/b9-6-. The molecule has 0 spiro atoms. The van der Waals surface area contributed by atoms with Crippen LogP contribution in [0, 0.1) is 0 Å². The molecule has 0 saturated heterocycles. The lowest BCUT2D eigenvalue weighted by Crippen LogP contribution is -2.12. The molecule has 1 N–H and O–H groups in total. The van der Waals surface area contributed by atoms with Crippen LogP contribution < -0.4 is 0 Å². The summed E-state index contributed by atoms with van der Waals surface area (Å²) in [5, 5.41) is 11.2. The van der Waals surface area contributed by atoms with Gasteiger partial charge in [0.2, 0.25) is 0 Å². The van der Waals surface area contributed by atoms with Crippen LogP contribution in [0.1, 0.15) is 6.42 Å². The van der Waals surface area contributed by atoms with Crippen molar-refractivity contribution in [1.82, 2.24) is 0 Å².